The van der Waals surface area contributed by atoms with Crippen LogP contribution in [0.4, 0.5) is 5.69 Å². The van der Waals surface area contributed by atoms with Crippen molar-refractivity contribution >= 4 is 15.7 Å². The average molecular weight is 307 g/mol. The van der Waals surface area contributed by atoms with E-state index in [2.05, 4.69) is 9.82 Å². The molecule has 6 heteroatoms. The van der Waals surface area contributed by atoms with Gasteiger partial charge < -0.3 is 0 Å². The molecule has 114 valence electrons. The lowest BCUT2D eigenvalue weighted by molar-refractivity contribution is 0.600. The van der Waals surface area contributed by atoms with E-state index >= 15 is 0 Å². The van der Waals surface area contributed by atoms with E-state index in [1.54, 1.807) is 18.7 Å². The predicted molar refractivity (Wildman–Crippen MR) is 84.0 cm³/mol. The first-order valence-electron chi connectivity index (χ1n) is 7.02. The molecule has 0 radical (unpaired) electrons. The number of hydrogen-bond donors (Lipinski definition) is 1. The highest BCUT2D eigenvalue weighted by Crippen LogP contribution is 2.26. The summed E-state index contributed by atoms with van der Waals surface area (Å²) in [7, 11) is -1.89. The van der Waals surface area contributed by atoms with E-state index in [1.807, 2.05) is 32.0 Å². The van der Waals surface area contributed by atoms with Gasteiger partial charge in [0.2, 0.25) is 0 Å². The van der Waals surface area contributed by atoms with E-state index in [0.29, 0.717) is 11.4 Å². The molecule has 0 atom stereocenters. The first-order valence-corrected chi connectivity index (χ1v) is 8.51. The number of anilines is 1. The quantitative estimate of drug-likeness (QED) is 0.923. The molecule has 2 aromatic rings. The zero-order valence-electron chi connectivity index (χ0n) is 12.8. The van der Waals surface area contributed by atoms with Crippen molar-refractivity contribution in [3.63, 3.8) is 0 Å². The Morgan fingerprint density at radius 3 is 2.19 bits per heavy atom. The molecule has 0 aliphatic carbocycles. The Balaban J connectivity index is 2.49. The third-order valence-electron chi connectivity index (χ3n) is 3.71. The van der Waals surface area contributed by atoms with E-state index in [4.69, 9.17) is 0 Å². The van der Waals surface area contributed by atoms with Crippen LogP contribution in [-0.2, 0) is 29.9 Å². The molecule has 1 heterocycles. The van der Waals surface area contributed by atoms with Gasteiger partial charge in [-0.25, -0.2) is 8.42 Å². The van der Waals surface area contributed by atoms with Crippen LogP contribution in [0.15, 0.2) is 29.3 Å². The molecular formula is C15H21N3O2S. The number of nitrogens with zero attached hydrogens (tertiary/aromatic N) is 2. The summed E-state index contributed by atoms with van der Waals surface area (Å²) in [6.45, 7) is 5.78. The fourth-order valence-electron chi connectivity index (χ4n) is 2.31. The summed E-state index contributed by atoms with van der Waals surface area (Å²) in [5, 5.41) is 4.01. The van der Waals surface area contributed by atoms with Gasteiger partial charge in [0.05, 0.1) is 17.6 Å². The molecule has 0 amide bonds. The van der Waals surface area contributed by atoms with Crippen molar-refractivity contribution < 1.29 is 8.42 Å². The van der Waals surface area contributed by atoms with Crippen LogP contribution >= 0.6 is 0 Å². The monoisotopic (exact) mass is 307 g/mol. The molecule has 0 fully saturated rings. The summed E-state index contributed by atoms with van der Waals surface area (Å²) in [6.07, 6.45) is 2.94. The van der Waals surface area contributed by atoms with Gasteiger partial charge in [-0.05, 0) is 30.9 Å². The zero-order chi connectivity index (χ0) is 15.6. The molecule has 1 aromatic carbocycles. The lowest BCUT2D eigenvalue weighted by atomic mass is 10.0. The number of aryl methyl sites for hydroxylation is 3. The maximum Gasteiger partial charge on any atom is 0.265 e. The average Bonchev–Trinajstić information content (AvgIpc) is 2.79. The first kappa shape index (κ1) is 15.6. The van der Waals surface area contributed by atoms with Crippen LogP contribution in [0.2, 0.25) is 0 Å². The van der Waals surface area contributed by atoms with Gasteiger partial charge in [0.25, 0.3) is 10.0 Å². The van der Waals surface area contributed by atoms with Crippen LogP contribution in [-0.4, -0.2) is 18.2 Å². The Bertz CT molecular complexity index is 726. The van der Waals surface area contributed by atoms with Crippen molar-refractivity contribution in [3.05, 3.63) is 41.2 Å². The van der Waals surface area contributed by atoms with E-state index in [0.717, 1.165) is 24.0 Å². The molecule has 0 aliphatic rings. The summed E-state index contributed by atoms with van der Waals surface area (Å²) < 4.78 is 29.5. The molecule has 0 saturated heterocycles. The number of sulfonamides is 1. The third kappa shape index (κ3) is 2.95. The Kier molecular flexibility index (Phi) is 4.37. The highest BCUT2D eigenvalue weighted by molar-refractivity contribution is 7.92. The lowest BCUT2D eigenvalue weighted by Gasteiger charge is -2.15. The third-order valence-corrected chi connectivity index (χ3v) is 5.17. The molecule has 21 heavy (non-hydrogen) atoms. The second-order valence-corrected chi connectivity index (χ2v) is 6.63. The highest BCUT2D eigenvalue weighted by Gasteiger charge is 2.22. The SMILES string of the molecule is CCc1cccc(CC)c1NS(=O)(=O)c1cnn(C)c1C. The van der Waals surface area contributed by atoms with Gasteiger partial charge in [-0.2, -0.15) is 5.10 Å². The van der Waals surface area contributed by atoms with Crippen molar-refractivity contribution in [2.75, 3.05) is 4.72 Å². The Hall–Kier alpha value is -1.82. The normalized spacial score (nSPS) is 11.6. The number of rotatable bonds is 5. The maximum atomic E-state index is 12.6. The van der Waals surface area contributed by atoms with Crippen molar-refractivity contribution in [1.29, 1.82) is 0 Å². The molecule has 5 nitrogen and oxygen atoms in total. The summed E-state index contributed by atoms with van der Waals surface area (Å²) >= 11 is 0. The van der Waals surface area contributed by atoms with Crippen LogP contribution in [0.3, 0.4) is 0 Å². The second-order valence-electron chi connectivity index (χ2n) is 4.98. The van der Waals surface area contributed by atoms with Gasteiger partial charge in [-0.3, -0.25) is 9.40 Å². The number of hydrogen-bond acceptors (Lipinski definition) is 3. The predicted octanol–water partition coefficient (Wildman–Crippen LogP) is 2.65. The van der Waals surface area contributed by atoms with Crippen molar-refractivity contribution in [3.8, 4) is 0 Å². The van der Waals surface area contributed by atoms with Gasteiger partial charge >= 0.3 is 0 Å². The fraction of sp³-hybridized carbons (Fsp3) is 0.400. The molecule has 0 unspecified atom stereocenters. The maximum absolute atomic E-state index is 12.6. The van der Waals surface area contributed by atoms with E-state index in [9.17, 15) is 8.42 Å². The fourth-order valence-corrected chi connectivity index (χ4v) is 3.65. The van der Waals surface area contributed by atoms with Gasteiger partial charge in [-0.1, -0.05) is 32.0 Å². The minimum absolute atomic E-state index is 0.220. The van der Waals surface area contributed by atoms with Crippen LogP contribution in [0.5, 0.6) is 0 Å². The lowest BCUT2D eigenvalue weighted by Crippen LogP contribution is -2.16. The number of aromatic nitrogens is 2. The Labute approximate surface area is 126 Å². The number of benzene rings is 1. The molecule has 0 saturated carbocycles. The van der Waals surface area contributed by atoms with Crippen LogP contribution in [0.1, 0.15) is 30.7 Å². The standard InChI is InChI=1S/C15H21N3O2S/c1-5-12-8-7-9-13(6-2)15(12)17-21(19,20)14-10-16-18(4)11(14)3/h7-10,17H,5-6H2,1-4H3. The first-order chi connectivity index (χ1) is 9.90. The van der Waals surface area contributed by atoms with Crippen molar-refractivity contribution in [2.45, 2.75) is 38.5 Å². The molecule has 1 aromatic heterocycles. The topological polar surface area (TPSA) is 64.0 Å². The van der Waals surface area contributed by atoms with Crippen LogP contribution in [0, 0.1) is 6.92 Å². The smallest absolute Gasteiger partial charge is 0.265 e. The van der Waals surface area contributed by atoms with Crippen molar-refractivity contribution in [2.24, 2.45) is 7.05 Å². The van der Waals surface area contributed by atoms with E-state index in [-0.39, 0.29) is 4.90 Å². The van der Waals surface area contributed by atoms with Gasteiger partial charge in [0, 0.05) is 7.05 Å². The van der Waals surface area contributed by atoms with E-state index in [1.165, 1.54) is 6.20 Å². The summed E-state index contributed by atoms with van der Waals surface area (Å²) in [5.74, 6) is 0. The second kappa shape index (κ2) is 5.89. The van der Waals surface area contributed by atoms with Crippen LogP contribution < -0.4 is 4.72 Å². The van der Waals surface area contributed by atoms with Gasteiger partial charge in [0.15, 0.2) is 0 Å². The highest BCUT2D eigenvalue weighted by atomic mass is 32.2. The zero-order valence-corrected chi connectivity index (χ0v) is 13.7. The number of nitrogens with one attached hydrogen (secondary N) is 1. The Morgan fingerprint density at radius 1 is 1.19 bits per heavy atom. The number of para-hydroxylation sites is 1. The van der Waals surface area contributed by atoms with Crippen LogP contribution in [0.25, 0.3) is 0 Å². The molecular weight excluding hydrogens is 286 g/mol. The molecule has 1 N–H and O–H groups in total. The summed E-state index contributed by atoms with van der Waals surface area (Å²) in [5.41, 5.74) is 3.32. The molecule has 0 aliphatic heterocycles. The largest absolute Gasteiger partial charge is 0.279 e. The minimum atomic E-state index is -3.62. The summed E-state index contributed by atoms with van der Waals surface area (Å²) in [6, 6.07) is 5.87. The minimum Gasteiger partial charge on any atom is -0.279 e. The van der Waals surface area contributed by atoms with E-state index < -0.39 is 10.0 Å². The molecule has 2 rings (SSSR count). The Morgan fingerprint density at radius 2 is 1.76 bits per heavy atom. The molecule has 0 spiro atoms. The van der Waals surface area contributed by atoms with Gasteiger partial charge in [-0.15, -0.1) is 0 Å². The summed E-state index contributed by atoms with van der Waals surface area (Å²) in [4.78, 5) is 0.220. The van der Waals surface area contributed by atoms with Crippen molar-refractivity contribution in [1.82, 2.24) is 9.78 Å². The molecule has 0 bridgehead atoms. The van der Waals surface area contributed by atoms with Gasteiger partial charge in [0.1, 0.15) is 4.90 Å².